The molecule has 0 aliphatic rings. The van der Waals surface area contributed by atoms with Crippen molar-refractivity contribution in [3.63, 3.8) is 0 Å². The lowest BCUT2D eigenvalue weighted by Gasteiger charge is -2.04. The first-order chi connectivity index (χ1) is 21.7. The first-order valence-electron chi connectivity index (χ1n) is 17.0. The molecule has 4 rings (SSSR count). The van der Waals surface area contributed by atoms with E-state index in [0.29, 0.717) is 0 Å². The Morgan fingerprint density at radius 1 is 0.523 bits per heavy atom. The number of hydrogen-bond donors (Lipinski definition) is 0. The summed E-state index contributed by atoms with van der Waals surface area (Å²) in [5, 5.41) is 2.16. The van der Waals surface area contributed by atoms with Gasteiger partial charge in [0.15, 0.2) is 24.8 Å². The van der Waals surface area contributed by atoms with E-state index in [1.54, 1.807) is 0 Å². The summed E-state index contributed by atoms with van der Waals surface area (Å²) in [4.78, 5) is 5.80. The number of unbranched alkanes of at least 4 members (excludes halogenated alkanes) is 8. The summed E-state index contributed by atoms with van der Waals surface area (Å²) in [7, 11) is 0. The van der Waals surface area contributed by atoms with E-state index in [-0.39, 0.29) is 0 Å². The van der Waals surface area contributed by atoms with Crippen molar-refractivity contribution in [1.82, 2.24) is 0 Å². The van der Waals surface area contributed by atoms with E-state index in [2.05, 4.69) is 116 Å². The van der Waals surface area contributed by atoms with Gasteiger partial charge in [0.2, 0.25) is 0 Å². The van der Waals surface area contributed by atoms with Crippen LogP contribution >= 0.6 is 54.5 Å². The molecule has 0 aliphatic carbocycles. The van der Waals surface area contributed by atoms with E-state index >= 15 is 0 Å². The number of pyridine rings is 2. The van der Waals surface area contributed by atoms with Gasteiger partial charge in [-0.3, -0.25) is 0 Å². The second kappa shape index (κ2) is 20.0. The molecule has 0 aliphatic heterocycles. The van der Waals surface area contributed by atoms with Gasteiger partial charge in [0, 0.05) is 78.4 Å². The zero-order chi connectivity index (χ0) is 31.0. The van der Waals surface area contributed by atoms with Crippen LogP contribution in [0.3, 0.4) is 0 Å². The molecule has 2 nitrogen and oxygen atoms in total. The lowest BCUT2D eigenvalue weighted by atomic mass is 10.0. The Hall–Kier alpha value is -1.34. The highest BCUT2D eigenvalue weighted by Gasteiger charge is 2.18. The van der Waals surface area contributed by atoms with E-state index in [1.165, 1.54) is 132 Å². The van der Waals surface area contributed by atoms with Crippen LogP contribution in [-0.4, -0.2) is 10.7 Å². The fourth-order valence-electron chi connectivity index (χ4n) is 5.74. The molecule has 4 heterocycles. The molecule has 0 saturated carbocycles. The lowest BCUT2D eigenvalue weighted by molar-refractivity contribution is -0.697. The first-order valence-corrected chi connectivity index (χ1v) is 20.9. The number of thiophene rings is 2. The molecule has 0 bridgehead atoms. The number of rotatable bonds is 21. The highest BCUT2D eigenvalue weighted by Crippen LogP contribution is 2.45. The highest BCUT2D eigenvalue weighted by atomic mass is 79.9. The van der Waals surface area contributed by atoms with Gasteiger partial charge in [-0.1, -0.05) is 84.2 Å². The molecule has 6 heteroatoms. The van der Waals surface area contributed by atoms with Crippen LogP contribution in [0.15, 0.2) is 61.2 Å². The normalized spacial score (nSPS) is 11.5. The maximum Gasteiger partial charge on any atom is 0.169 e. The monoisotopic (exact) mass is 758 g/mol. The molecule has 4 aromatic heterocycles. The molecule has 0 amide bonds. The van der Waals surface area contributed by atoms with Gasteiger partial charge in [-0.05, 0) is 61.8 Å². The van der Waals surface area contributed by atoms with Crippen LogP contribution in [0.25, 0.3) is 30.6 Å². The second-order valence-corrected chi connectivity index (χ2v) is 15.7. The largest absolute Gasteiger partial charge is 0.205 e. The molecule has 0 unspecified atom stereocenters. The Balaban J connectivity index is 1.63. The van der Waals surface area contributed by atoms with E-state index in [0.717, 1.165) is 23.7 Å². The zero-order valence-corrected chi connectivity index (χ0v) is 31.8. The molecule has 0 N–H and O–H groups in total. The molecule has 4 aromatic rings. The summed E-state index contributed by atoms with van der Waals surface area (Å²) in [6, 6.07) is 14.4. The fourth-order valence-corrected chi connectivity index (χ4v) is 9.03. The molecule has 0 saturated heterocycles. The number of halogens is 2. The standard InChI is InChI=1S/C38H52Br2N2S2/c1-3-5-7-9-15-33-29-35(43-37(33)31-17-25-41(26-18-31)23-13-11-21-39)36-30-34(16-10-8-6-4-2)38(44-36)32-19-27-42(28-20-32)24-14-12-22-40/h17-20,25-30H,3-16,21-24H2,1-2H3/q+2. The van der Waals surface area contributed by atoms with Crippen molar-refractivity contribution < 1.29 is 9.13 Å². The number of hydrogen-bond acceptors (Lipinski definition) is 2. The molecule has 44 heavy (non-hydrogen) atoms. The Morgan fingerprint density at radius 2 is 0.932 bits per heavy atom. The third-order valence-electron chi connectivity index (χ3n) is 8.37. The Labute approximate surface area is 292 Å². The van der Waals surface area contributed by atoms with Gasteiger partial charge in [0.1, 0.15) is 13.1 Å². The highest BCUT2D eigenvalue weighted by molar-refractivity contribution is 9.09. The van der Waals surface area contributed by atoms with Crippen molar-refractivity contribution in [2.24, 2.45) is 0 Å². The van der Waals surface area contributed by atoms with Crippen LogP contribution in [0.4, 0.5) is 0 Å². The van der Waals surface area contributed by atoms with E-state index in [4.69, 9.17) is 0 Å². The van der Waals surface area contributed by atoms with Crippen LogP contribution in [0.2, 0.25) is 0 Å². The maximum atomic E-state index is 3.57. The number of aryl methyl sites for hydroxylation is 4. The Bertz CT molecular complexity index is 1250. The molecular formula is C38H52Br2N2S2+2. The van der Waals surface area contributed by atoms with E-state index in [9.17, 15) is 0 Å². The van der Waals surface area contributed by atoms with Crippen molar-refractivity contribution in [3.8, 4) is 30.6 Å². The summed E-state index contributed by atoms with van der Waals surface area (Å²) in [5.74, 6) is 0. The smallest absolute Gasteiger partial charge is 0.169 e. The van der Waals surface area contributed by atoms with Gasteiger partial charge in [-0.15, -0.1) is 22.7 Å². The average Bonchev–Trinajstić information content (AvgIpc) is 3.67. The third-order valence-corrected chi connectivity index (χ3v) is 12.1. The third kappa shape index (κ3) is 10.9. The van der Waals surface area contributed by atoms with Crippen LogP contribution in [-0.2, 0) is 25.9 Å². The van der Waals surface area contributed by atoms with Crippen molar-refractivity contribution in [1.29, 1.82) is 0 Å². The minimum absolute atomic E-state index is 1.08. The predicted octanol–water partition coefficient (Wildman–Crippen LogP) is 12.0. The summed E-state index contributed by atoms with van der Waals surface area (Å²) in [5.41, 5.74) is 5.80. The number of nitrogens with zero attached hydrogens (tertiary/aromatic N) is 2. The molecule has 0 radical (unpaired) electrons. The molecule has 0 spiro atoms. The van der Waals surface area contributed by atoms with Crippen LogP contribution in [0.1, 0.15) is 102 Å². The number of aromatic nitrogens is 2. The molecule has 0 atom stereocenters. The zero-order valence-electron chi connectivity index (χ0n) is 27.0. The Kier molecular flexibility index (Phi) is 16.2. The van der Waals surface area contributed by atoms with Crippen molar-refractivity contribution >= 4 is 54.5 Å². The topological polar surface area (TPSA) is 7.76 Å². The van der Waals surface area contributed by atoms with Gasteiger partial charge in [0.05, 0.1) is 0 Å². The Morgan fingerprint density at radius 3 is 1.30 bits per heavy atom. The second-order valence-electron chi connectivity index (χ2n) is 12.0. The van der Waals surface area contributed by atoms with Crippen LogP contribution < -0.4 is 9.13 Å². The van der Waals surface area contributed by atoms with Gasteiger partial charge in [-0.25, -0.2) is 9.13 Å². The average molecular weight is 761 g/mol. The quantitative estimate of drug-likeness (QED) is 0.0454. The first kappa shape index (κ1) is 35.5. The molecule has 0 aromatic carbocycles. The van der Waals surface area contributed by atoms with E-state index < -0.39 is 0 Å². The van der Waals surface area contributed by atoms with Crippen molar-refractivity contribution in [3.05, 3.63) is 72.3 Å². The van der Waals surface area contributed by atoms with Crippen molar-refractivity contribution in [2.75, 3.05) is 10.7 Å². The SMILES string of the molecule is CCCCCCc1cc(-c2cc(CCCCCC)c(-c3cc[n+](CCCCBr)cc3)s2)sc1-c1cc[n+](CCCCBr)cc1. The number of alkyl halides is 2. The van der Waals surface area contributed by atoms with Crippen molar-refractivity contribution in [2.45, 2.75) is 117 Å². The summed E-state index contributed by atoms with van der Waals surface area (Å²) < 4.78 is 4.67. The minimum Gasteiger partial charge on any atom is -0.205 e. The lowest BCUT2D eigenvalue weighted by Crippen LogP contribution is -2.32. The molecule has 0 fully saturated rings. The molecular weight excluding hydrogens is 708 g/mol. The van der Waals surface area contributed by atoms with Crippen LogP contribution in [0, 0.1) is 0 Å². The molecule has 238 valence electrons. The van der Waals surface area contributed by atoms with Gasteiger partial charge < -0.3 is 0 Å². The minimum atomic E-state index is 1.08. The van der Waals surface area contributed by atoms with Gasteiger partial charge in [-0.2, -0.15) is 0 Å². The fraction of sp³-hybridized carbons (Fsp3) is 0.526. The van der Waals surface area contributed by atoms with Crippen LogP contribution in [0.5, 0.6) is 0 Å². The summed E-state index contributed by atoms with van der Waals surface area (Å²) in [6.45, 7) is 6.77. The predicted molar refractivity (Wildman–Crippen MR) is 201 cm³/mol. The maximum absolute atomic E-state index is 3.57. The van der Waals surface area contributed by atoms with E-state index in [1.807, 2.05) is 22.7 Å². The van der Waals surface area contributed by atoms with Gasteiger partial charge in [0.25, 0.3) is 0 Å². The van der Waals surface area contributed by atoms with Gasteiger partial charge >= 0.3 is 0 Å². The summed E-state index contributed by atoms with van der Waals surface area (Å²) >= 11 is 11.1. The summed E-state index contributed by atoms with van der Waals surface area (Å²) in [6.07, 6.45) is 26.7.